The van der Waals surface area contributed by atoms with E-state index in [0.717, 1.165) is 25.0 Å². The van der Waals surface area contributed by atoms with Crippen molar-refractivity contribution in [1.82, 2.24) is 36.3 Å². The van der Waals surface area contributed by atoms with Crippen molar-refractivity contribution in [2.75, 3.05) is 24.2 Å². The van der Waals surface area contributed by atoms with Crippen LogP contribution in [-0.2, 0) is 32.1 Å². The van der Waals surface area contributed by atoms with Crippen LogP contribution < -0.4 is 26.6 Å². The van der Waals surface area contributed by atoms with Crippen LogP contribution in [0.25, 0.3) is 0 Å². The number of ketones is 1. The standard InChI is InChI=1S/C29H38N8O6S/c38-17-23(39)19-5-3-6-20(15-19)32-27(42)11-14-37-16-21(35-36-37)7-4-10-26(41)31-13-12-30-25(40)9-2-1-8-24-28-22(18-44-24)33-29(43)34-28/h3,5-6,15-17,22,24,28H,1-2,4,7-14,18H2,(H,30,40)(H,31,41)(H,32,42)(H2,33,34,43)/t22-,24-,28-/m0/s1. The quantitative estimate of drug-likeness (QED) is 0.0527. The summed E-state index contributed by atoms with van der Waals surface area (Å²) in [5, 5.41) is 22.8. The van der Waals surface area contributed by atoms with E-state index in [9.17, 15) is 28.8 Å². The summed E-state index contributed by atoms with van der Waals surface area (Å²) in [5.41, 5.74) is 1.34. The van der Waals surface area contributed by atoms with Gasteiger partial charge >= 0.3 is 6.03 Å². The summed E-state index contributed by atoms with van der Waals surface area (Å²) in [5.74, 6) is -0.149. The molecule has 2 fully saturated rings. The van der Waals surface area contributed by atoms with E-state index in [4.69, 9.17) is 0 Å². The molecule has 0 bridgehead atoms. The van der Waals surface area contributed by atoms with E-state index < -0.39 is 5.78 Å². The van der Waals surface area contributed by atoms with Crippen molar-refractivity contribution in [2.24, 2.45) is 0 Å². The van der Waals surface area contributed by atoms with Crippen LogP contribution in [0.4, 0.5) is 10.5 Å². The van der Waals surface area contributed by atoms with Crippen molar-refractivity contribution in [1.29, 1.82) is 0 Å². The third-order valence-corrected chi connectivity index (χ3v) is 8.89. The molecule has 0 radical (unpaired) electrons. The zero-order valence-electron chi connectivity index (χ0n) is 24.4. The fourth-order valence-corrected chi connectivity index (χ4v) is 6.65. The van der Waals surface area contributed by atoms with Crippen molar-refractivity contribution in [3.05, 3.63) is 41.7 Å². The summed E-state index contributed by atoms with van der Waals surface area (Å²) in [7, 11) is 0. The number of urea groups is 1. The lowest BCUT2D eigenvalue weighted by Gasteiger charge is -2.16. The van der Waals surface area contributed by atoms with E-state index in [1.54, 1.807) is 23.0 Å². The molecule has 15 heteroatoms. The number of Topliss-reactive ketones (excluding diaryl/α,β-unsaturated/α-hetero) is 1. The summed E-state index contributed by atoms with van der Waals surface area (Å²) < 4.78 is 1.56. The lowest BCUT2D eigenvalue weighted by Crippen LogP contribution is -2.36. The van der Waals surface area contributed by atoms with Gasteiger partial charge in [-0.1, -0.05) is 23.8 Å². The predicted octanol–water partition coefficient (Wildman–Crippen LogP) is 0.969. The maximum Gasteiger partial charge on any atom is 0.315 e. The summed E-state index contributed by atoms with van der Waals surface area (Å²) in [6, 6.07) is 6.47. The molecule has 5 amide bonds. The molecule has 3 heterocycles. The number of nitrogens with one attached hydrogen (secondary N) is 5. The van der Waals surface area contributed by atoms with Crippen molar-refractivity contribution >= 4 is 53.3 Å². The number of carbonyl (C=O) groups is 6. The summed E-state index contributed by atoms with van der Waals surface area (Å²) in [6.45, 7) is 1.03. The Labute approximate surface area is 259 Å². The molecule has 0 aliphatic carbocycles. The summed E-state index contributed by atoms with van der Waals surface area (Å²) in [4.78, 5) is 70.2. The Balaban J connectivity index is 1.00. The number of aldehydes is 1. The fourth-order valence-electron chi connectivity index (χ4n) is 5.10. The Morgan fingerprint density at radius 3 is 2.55 bits per heavy atom. The van der Waals surface area contributed by atoms with Crippen molar-refractivity contribution in [2.45, 2.75) is 75.2 Å². The van der Waals surface area contributed by atoms with Crippen LogP contribution in [0.2, 0.25) is 0 Å². The number of aryl methyl sites for hydroxylation is 2. The average Bonchev–Trinajstić information content (AvgIpc) is 3.72. The molecule has 2 aliphatic rings. The highest BCUT2D eigenvalue weighted by Crippen LogP contribution is 2.33. The molecule has 0 spiro atoms. The van der Waals surface area contributed by atoms with Crippen LogP contribution in [0.15, 0.2) is 30.5 Å². The maximum atomic E-state index is 12.3. The first-order valence-electron chi connectivity index (χ1n) is 14.8. The van der Waals surface area contributed by atoms with Gasteiger partial charge in [0.2, 0.25) is 23.5 Å². The van der Waals surface area contributed by atoms with Gasteiger partial charge in [-0.05, 0) is 37.8 Å². The molecule has 0 saturated carbocycles. The molecule has 4 rings (SSSR count). The Morgan fingerprint density at radius 2 is 1.77 bits per heavy atom. The Kier molecular flexibility index (Phi) is 12.3. The molecule has 5 N–H and O–H groups in total. The van der Waals surface area contributed by atoms with Crippen molar-refractivity contribution < 1.29 is 28.8 Å². The molecular formula is C29H38N8O6S. The van der Waals surface area contributed by atoms with Crippen LogP contribution in [0.3, 0.4) is 0 Å². The number of fused-ring (bicyclic) bond motifs is 1. The third kappa shape index (κ3) is 10.2. The first-order valence-corrected chi connectivity index (χ1v) is 15.9. The highest BCUT2D eigenvalue weighted by molar-refractivity contribution is 8.00. The minimum atomic E-state index is -0.659. The van der Waals surface area contributed by atoms with Crippen LogP contribution in [0.1, 0.15) is 61.0 Å². The number of benzene rings is 1. The smallest absolute Gasteiger partial charge is 0.315 e. The lowest BCUT2D eigenvalue weighted by molar-refractivity contribution is -0.123. The number of aromatic nitrogens is 3. The number of unbranched alkanes of at least 4 members (excludes halogenated alkanes) is 1. The molecule has 2 aromatic rings. The number of hydrogen-bond donors (Lipinski definition) is 5. The summed E-state index contributed by atoms with van der Waals surface area (Å²) >= 11 is 1.87. The average molecular weight is 627 g/mol. The molecule has 2 saturated heterocycles. The Hall–Kier alpha value is -4.27. The molecule has 3 atom stereocenters. The number of amides is 5. The van der Waals surface area contributed by atoms with Crippen LogP contribution in [-0.4, -0.2) is 87.0 Å². The van der Waals surface area contributed by atoms with Gasteiger partial charge in [-0.25, -0.2) is 4.79 Å². The van der Waals surface area contributed by atoms with Gasteiger partial charge in [-0.2, -0.15) is 11.8 Å². The number of hydrogen-bond acceptors (Lipinski definition) is 9. The maximum absolute atomic E-state index is 12.3. The molecule has 44 heavy (non-hydrogen) atoms. The van der Waals surface area contributed by atoms with Crippen LogP contribution in [0.5, 0.6) is 0 Å². The predicted molar refractivity (Wildman–Crippen MR) is 163 cm³/mol. The van der Waals surface area contributed by atoms with E-state index in [0.29, 0.717) is 61.9 Å². The van der Waals surface area contributed by atoms with Gasteiger partial charge in [0.25, 0.3) is 0 Å². The van der Waals surface area contributed by atoms with Crippen molar-refractivity contribution in [3.8, 4) is 0 Å². The molecule has 0 unspecified atom stereocenters. The Bertz CT molecular complexity index is 1350. The number of anilines is 1. The number of thioether (sulfide) groups is 1. The van der Waals surface area contributed by atoms with Gasteiger partial charge in [0.1, 0.15) is 0 Å². The van der Waals surface area contributed by atoms with Gasteiger partial charge in [0.15, 0.2) is 6.29 Å². The van der Waals surface area contributed by atoms with Crippen molar-refractivity contribution in [3.63, 3.8) is 0 Å². The number of carbonyl (C=O) groups excluding carboxylic acids is 6. The SMILES string of the molecule is O=CC(=O)c1cccc(NC(=O)CCn2cc(CCCC(=O)NCCNC(=O)CCCC[C@@H]3SC[C@@H]4NC(=O)N[C@@H]43)nn2)c1. The number of nitrogens with zero attached hydrogens (tertiary/aromatic N) is 3. The second-order valence-electron chi connectivity index (χ2n) is 10.8. The van der Waals surface area contributed by atoms with Crippen LogP contribution >= 0.6 is 11.8 Å². The first-order chi connectivity index (χ1) is 21.3. The third-order valence-electron chi connectivity index (χ3n) is 7.38. The molecule has 236 valence electrons. The van der Waals surface area contributed by atoms with E-state index in [1.165, 1.54) is 12.1 Å². The van der Waals surface area contributed by atoms with Gasteiger partial charge in [-0.15, -0.1) is 5.10 Å². The second-order valence-corrected chi connectivity index (χ2v) is 12.0. The monoisotopic (exact) mass is 626 g/mol. The van der Waals surface area contributed by atoms with E-state index in [-0.39, 0.29) is 54.1 Å². The molecule has 1 aromatic heterocycles. The normalized spacial score (nSPS) is 18.5. The first kappa shape index (κ1) is 32.6. The minimum Gasteiger partial charge on any atom is -0.354 e. The highest BCUT2D eigenvalue weighted by atomic mass is 32.2. The Morgan fingerprint density at radius 1 is 1.00 bits per heavy atom. The molecular weight excluding hydrogens is 588 g/mol. The van der Waals surface area contributed by atoms with Gasteiger partial charge in [0, 0.05) is 60.8 Å². The van der Waals surface area contributed by atoms with E-state index in [1.807, 2.05) is 11.8 Å². The van der Waals surface area contributed by atoms with Gasteiger partial charge in [0.05, 0.1) is 24.3 Å². The minimum absolute atomic E-state index is 0.0344. The lowest BCUT2D eigenvalue weighted by atomic mass is 10.0. The summed E-state index contributed by atoms with van der Waals surface area (Å²) in [6.07, 6.45) is 6.65. The fraction of sp³-hybridized carbons (Fsp3) is 0.517. The topological polar surface area (TPSA) is 193 Å². The van der Waals surface area contributed by atoms with E-state index in [2.05, 4.69) is 36.9 Å². The van der Waals surface area contributed by atoms with Gasteiger partial charge in [-0.3, -0.25) is 28.7 Å². The zero-order chi connectivity index (χ0) is 31.3. The second kappa shape index (κ2) is 16.5. The molecule has 2 aliphatic heterocycles. The zero-order valence-corrected chi connectivity index (χ0v) is 25.2. The van der Waals surface area contributed by atoms with Gasteiger partial charge < -0.3 is 26.6 Å². The molecule has 14 nitrogen and oxygen atoms in total. The largest absolute Gasteiger partial charge is 0.354 e. The van der Waals surface area contributed by atoms with E-state index >= 15 is 0 Å². The number of rotatable bonds is 18. The molecule has 1 aromatic carbocycles. The highest BCUT2D eigenvalue weighted by Gasteiger charge is 2.42. The van der Waals surface area contributed by atoms with Crippen LogP contribution in [0, 0.1) is 0 Å².